The predicted octanol–water partition coefficient (Wildman–Crippen LogP) is 4.76. The number of rotatable bonds is 8. The number of hydrogen-bond donors (Lipinski definition) is 6. The number of phenolic OH excluding ortho intramolecular Hbond substituents is 1. The number of nitrogens with one attached hydrogen (secondary N) is 2. The number of anilines is 2. The molecular weight excluding hydrogens is 584 g/mol. The molecule has 1 aliphatic carbocycles. The van der Waals surface area contributed by atoms with Gasteiger partial charge in [0.2, 0.25) is 0 Å². The summed E-state index contributed by atoms with van der Waals surface area (Å²) in [6, 6.07) is 19.0. The minimum atomic E-state index is -4.52. The number of hydroxylamine groups is 1. The molecule has 218 valence electrons. The van der Waals surface area contributed by atoms with Crippen molar-refractivity contribution >= 4 is 57.0 Å². The van der Waals surface area contributed by atoms with Crippen LogP contribution in [0.15, 0.2) is 81.6 Å². The zero-order chi connectivity index (χ0) is 30.2. The molecule has 1 amide bonds. The van der Waals surface area contributed by atoms with E-state index < -0.39 is 33.3 Å². The summed E-state index contributed by atoms with van der Waals surface area (Å²) >= 11 is 0.720. The SMILES string of the molecule is CC1(CCCc2ccccc2)C(=O)C(C2=NSc3cc(NS(=O)(=O)NC(=O)O)cc(O)c3N2O)=C(O)c2ccccc21. The number of amidine groups is 1. The molecule has 1 unspecified atom stereocenters. The van der Waals surface area contributed by atoms with Crippen molar-refractivity contribution in [2.75, 3.05) is 9.79 Å². The van der Waals surface area contributed by atoms with E-state index in [4.69, 9.17) is 5.11 Å². The first kappa shape index (κ1) is 29.0. The second-order valence-electron chi connectivity index (χ2n) is 9.94. The van der Waals surface area contributed by atoms with Crippen LogP contribution in [0.5, 0.6) is 5.75 Å². The van der Waals surface area contributed by atoms with E-state index in [0.29, 0.717) is 29.0 Å². The summed E-state index contributed by atoms with van der Waals surface area (Å²) in [6.07, 6.45) is 0.0249. The third kappa shape index (κ3) is 5.38. The van der Waals surface area contributed by atoms with Gasteiger partial charge in [-0.15, -0.1) is 0 Å². The summed E-state index contributed by atoms with van der Waals surface area (Å²) in [4.78, 5) is 25.0. The van der Waals surface area contributed by atoms with Crippen LogP contribution in [0, 0.1) is 0 Å². The van der Waals surface area contributed by atoms with Gasteiger partial charge < -0.3 is 15.3 Å². The van der Waals surface area contributed by atoms with E-state index in [2.05, 4.69) is 4.40 Å². The molecule has 3 aromatic rings. The summed E-state index contributed by atoms with van der Waals surface area (Å²) in [5.74, 6) is -1.74. The number of carbonyl (C=O) groups is 2. The Morgan fingerprint density at radius 1 is 1.07 bits per heavy atom. The maximum absolute atomic E-state index is 14.2. The standard InChI is InChI=1S/C28H26N4O8S2/c1-28(13-7-10-16-8-3-2-4-9-16)19-12-6-5-11-18(19)24(34)22(25(28)35)26-29-41-21-15-17(14-20(33)23(21)32(26)38)30-42(39,40)31-27(36)37/h2-6,8-9,11-12,14-15,30-31,33-34,38H,7,10,13H2,1H3,(H,36,37). The van der Waals surface area contributed by atoms with Gasteiger partial charge in [0.1, 0.15) is 22.8 Å². The van der Waals surface area contributed by atoms with Crippen molar-refractivity contribution in [2.24, 2.45) is 4.40 Å². The second-order valence-corrected chi connectivity index (χ2v) is 12.2. The number of carbonyl (C=O) groups excluding carboxylic acids is 1. The van der Waals surface area contributed by atoms with Gasteiger partial charge in [0, 0.05) is 23.6 Å². The number of amides is 1. The largest absolute Gasteiger partial charge is 0.506 e. The van der Waals surface area contributed by atoms with E-state index in [0.717, 1.165) is 30.0 Å². The summed E-state index contributed by atoms with van der Waals surface area (Å²) < 4.78 is 31.4. The van der Waals surface area contributed by atoms with E-state index in [-0.39, 0.29) is 33.4 Å². The molecule has 1 aliphatic heterocycles. The maximum Gasteiger partial charge on any atom is 0.419 e. The number of aliphatic hydroxyl groups excluding tert-OH is 1. The van der Waals surface area contributed by atoms with Crippen LogP contribution in [-0.2, 0) is 26.8 Å². The number of aliphatic hydroxyl groups is 1. The monoisotopic (exact) mass is 610 g/mol. The summed E-state index contributed by atoms with van der Waals surface area (Å²) in [5.41, 5.74) is 0.466. The molecule has 6 N–H and O–H groups in total. The first-order valence-electron chi connectivity index (χ1n) is 12.7. The van der Waals surface area contributed by atoms with Crippen molar-refractivity contribution in [3.8, 4) is 5.75 Å². The molecule has 1 atom stereocenters. The Morgan fingerprint density at radius 2 is 1.76 bits per heavy atom. The van der Waals surface area contributed by atoms with Gasteiger partial charge in [0.05, 0.1) is 16.0 Å². The summed E-state index contributed by atoms with van der Waals surface area (Å²) in [5, 5.41) is 42.4. The average molecular weight is 611 g/mol. The molecule has 1 heterocycles. The zero-order valence-electron chi connectivity index (χ0n) is 22.1. The minimum Gasteiger partial charge on any atom is -0.506 e. The fourth-order valence-electron chi connectivity index (χ4n) is 5.18. The topological polar surface area (TPSA) is 189 Å². The minimum absolute atomic E-state index is 0.0867. The highest BCUT2D eigenvalue weighted by Gasteiger charge is 2.47. The Labute approximate surface area is 245 Å². The molecule has 0 saturated carbocycles. The van der Waals surface area contributed by atoms with Gasteiger partial charge in [0.25, 0.3) is 0 Å². The number of aromatic hydroxyl groups is 1. The zero-order valence-corrected chi connectivity index (χ0v) is 23.7. The molecule has 5 rings (SSSR count). The Morgan fingerprint density at radius 3 is 2.48 bits per heavy atom. The van der Waals surface area contributed by atoms with Gasteiger partial charge in [-0.2, -0.15) is 17.9 Å². The van der Waals surface area contributed by atoms with Crippen LogP contribution in [0.2, 0.25) is 0 Å². The smallest absolute Gasteiger partial charge is 0.419 e. The Kier molecular flexibility index (Phi) is 7.62. The van der Waals surface area contributed by atoms with Crippen molar-refractivity contribution in [3.05, 3.63) is 89.0 Å². The molecule has 12 nitrogen and oxygen atoms in total. The summed E-state index contributed by atoms with van der Waals surface area (Å²) in [7, 11) is -4.52. The van der Waals surface area contributed by atoms with E-state index in [9.17, 15) is 33.4 Å². The van der Waals surface area contributed by atoms with Crippen LogP contribution >= 0.6 is 11.9 Å². The van der Waals surface area contributed by atoms with Crippen LogP contribution in [0.4, 0.5) is 16.2 Å². The highest BCUT2D eigenvalue weighted by Crippen LogP contribution is 2.48. The number of nitrogens with zero attached hydrogens (tertiary/aromatic N) is 2. The molecule has 0 radical (unpaired) electrons. The van der Waals surface area contributed by atoms with Gasteiger partial charge in [0.15, 0.2) is 11.6 Å². The fourth-order valence-corrected chi connectivity index (χ4v) is 6.70. The van der Waals surface area contributed by atoms with Crippen LogP contribution in [0.25, 0.3) is 5.76 Å². The van der Waals surface area contributed by atoms with E-state index in [1.54, 1.807) is 31.2 Å². The first-order valence-corrected chi connectivity index (χ1v) is 14.9. The lowest BCUT2D eigenvalue weighted by Crippen LogP contribution is -2.44. The second kappa shape index (κ2) is 11.0. The number of carboxylic acid groups (broad SMARTS) is 1. The molecule has 42 heavy (non-hydrogen) atoms. The number of aryl methyl sites for hydroxylation is 1. The lowest BCUT2D eigenvalue weighted by molar-refractivity contribution is -0.120. The Hall–Kier alpha value is -4.53. The molecule has 0 spiro atoms. The quantitative estimate of drug-likeness (QED) is 0.194. The molecule has 2 aliphatic rings. The maximum atomic E-state index is 14.2. The third-order valence-electron chi connectivity index (χ3n) is 7.12. The van der Waals surface area contributed by atoms with Crippen LogP contribution in [0.3, 0.4) is 0 Å². The highest BCUT2D eigenvalue weighted by molar-refractivity contribution is 7.98. The van der Waals surface area contributed by atoms with Gasteiger partial charge in [-0.3, -0.25) is 14.7 Å². The van der Waals surface area contributed by atoms with Crippen LogP contribution in [0.1, 0.15) is 36.5 Å². The number of phenols is 1. The Balaban J connectivity index is 1.49. The molecule has 0 bridgehead atoms. The van der Waals surface area contributed by atoms with Crippen molar-refractivity contribution in [3.63, 3.8) is 0 Å². The van der Waals surface area contributed by atoms with Crippen LogP contribution < -0.4 is 14.5 Å². The lowest BCUT2D eigenvalue weighted by atomic mass is 9.67. The van der Waals surface area contributed by atoms with Gasteiger partial charge in [-0.05, 0) is 43.4 Å². The predicted molar refractivity (Wildman–Crippen MR) is 157 cm³/mol. The Bertz CT molecular complexity index is 1760. The van der Waals surface area contributed by atoms with Gasteiger partial charge in [-0.1, -0.05) is 54.6 Å². The fraction of sp³-hybridized carbons (Fsp3) is 0.179. The number of benzene rings is 3. The number of ketones is 1. The van der Waals surface area contributed by atoms with Crippen molar-refractivity contribution in [2.45, 2.75) is 36.5 Å². The van der Waals surface area contributed by atoms with Crippen molar-refractivity contribution < 1.29 is 38.5 Å². The van der Waals surface area contributed by atoms with Gasteiger partial charge >= 0.3 is 16.3 Å². The first-order chi connectivity index (χ1) is 19.9. The van der Waals surface area contributed by atoms with Gasteiger partial charge in [-0.25, -0.2) is 9.52 Å². The molecule has 0 saturated heterocycles. The average Bonchev–Trinajstić information content (AvgIpc) is 2.92. The molecular formula is C28H26N4O8S2. The van der Waals surface area contributed by atoms with Crippen molar-refractivity contribution in [1.82, 2.24) is 4.72 Å². The molecule has 0 aromatic heterocycles. The van der Waals surface area contributed by atoms with Crippen molar-refractivity contribution in [1.29, 1.82) is 0 Å². The molecule has 0 fully saturated rings. The lowest BCUT2D eigenvalue weighted by Gasteiger charge is -2.37. The van der Waals surface area contributed by atoms with E-state index in [1.807, 2.05) is 35.1 Å². The summed E-state index contributed by atoms with van der Waals surface area (Å²) in [6.45, 7) is 1.79. The normalized spacial score (nSPS) is 18.2. The van der Waals surface area contributed by atoms with E-state index >= 15 is 0 Å². The number of hydrogen-bond acceptors (Lipinski definition) is 10. The highest BCUT2D eigenvalue weighted by atomic mass is 32.2. The molecule has 14 heteroatoms. The van der Waals surface area contributed by atoms with E-state index in [1.165, 1.54) is 10.8 Å². The van der Waals surface area contributed by atoms with Crippen LogP contribution in [-0.4, -0.2) is 46.7 Å². The molecule has 3 aromatic carbocycles. The number of fused-ring (bicyclic) bond motifs is 2. The third-order valence-corrected chi connectivity index (χ3v) is 8.84. The number of Topliss-reactive ketones (excluding diaryl/α,β-unsaturated/α-hetero) is 1.